The minimum atomic E-state index is -1.71. The minimum Gasteiger partial charge on any atom is -0.394 e. The third kappa shape index (κ3) is 2.39. The Morgan fingerprint density at radius 2 is 2.00 bits per heavy atom. The van der Waals surface area contributed by atoms with Crippen molar-refractivity contribution in [1.82, 2.24) is 9.55 Å². The largest absolute Gasteiger partial charge is 0.394 e. The number of aliphatic hydroxyl groups excluding tert-OH is 4. The first-order valence-electron chi connectivity index (χ1n) is 5.71. The zero-order chi connectivity index (χ0) is 15.0. The Kier molecular flexibility index (Phi) is 4.01. The molecule has 10 heteroatoms. The maximum absolute atomic E-state index is 13.3. The van der Waals surface area contributed by atoms with Crippen LogP contribution in [0.1, 0.15) is 6.23 Å². The average Bonchev–Trinajstić information content (AvgIpc) is 2.41. The monoisotopic (exact) mass is 291 g/mol. The molecule has 1 aromatic heterocycles. The van der Waals surface area contributed by atoms with E-state index >= 15 is 0 Å². The van der Waals surface area contributed by atoms with Gasteiger partial charge in [0.25, 0.3) is 0 Å². The zero-order valence-corrected chi connectivity index (χ0v) is 10.1. The Balaban J connectivity index is 2.41. The van der Waals surface area contributed by atoms with Crippen molar-refractivity contribution < 1.29 is 29.6 Å². The molecule has 112 valence electrons. The Hall–Kier alpha value is -1.59. The summed E-state index contributed by atoms with van der Waals surface area (Å²) in [7, 11) is 0. The summed E-state index contributed by atoms with van der Waals surface area (Å²) in [5.41, 5.74) is 4.12. The van der Waals surface area contributed by atoms with E-state index in [0.29, 0.717) is 10.8 Å². The predicted molar refractivity (Wildman–Crippen MR) is 61.9 cm³/mol. The van der Waals surface area contributed by atoms with Crippen LogP contribution in [0.3, 0.4) is 0 Å². The quantitative estimate of drug-likeness (QED) is 0.385. The molecule has 1 aromatic rings. The number of hydrogen-bond donors (Lipinski definition) is 5. The summed E-state index contributed by atoms with van der Waals surface area (Å²) in [6.07, 6.45) is -7.04. The first kappa shape index (κ1) is 14.8. The van der Waals surface area contributed by atoms with E-state index in [1.54, 1.807) is 0 Å². The molecule has 20 heavy (non-hydrogen) atoms. The molecule has 0 bridgehead atoms. The fourth-order valence-electron chi connectivity index (χ4n) is 1.95. The summed E-state index contributed by atoms with van der Waals surface area (Å²) in [6, 6.07) is 0. The molecular formula is C10H14FN3O6. The number of rotatable bonds is 2. The van der Waals surface area contributed by atoms with Crippen LogP contribution in [-0.4, -0.2) is 61.0 Å². The molecule has 0 radical (unpaired) electrons. The molecule has 1 aliphatic heterocycles. The number of aromatic nitrogens is 2. The van der Waals surface area contributed by atoms with Crippen LogP contribution in [0.2, 0.25) is 0 Å². The minimum absolute atomic E-state index is 0.591. The number of nitrogen functional groups attached to an aromatic ring is 1. The Labute approximate surface area is 111 Å². The lowest BCUT2D eigenvalue weighted by atomic mass is 9.98. The third-order valence-electron chi connectivity index (χ3n) is 3.08. The highest BCUT2D eigenvalue weighted by atomic mass is 19.1. The lowest BCUT2D eigenvalue weighted by molar-refractivity contribution is -0.252. The summed E-state index contributed by atoms with van der Waals surface area (Å²) >= 11 is 0. The van der Waals surface area contributed by atoms with Gasteiger partial charge in [-0.1, -0.05) is 0 Å². The van der Waals surface area contributed by atoms with Crippen molar-refractivity contribution >= 4 is 5.82 Å². The second-order valence-electron chi connectivity index (χ2n) is 4.38. The molecule has 0 unspecified atom stereocenters. The maximum atomic E-state index is 13.3. The van der Waals surface area contributed by atoms with E-state index in [1.165, 1.54) is 0 Å². The molecule has 0 aliphatic carbocycles. The number of nitrogens with two attached hydrogens (primary N) is 1. The molecule has 9 nitrogen and oxygen atoms in total. The van der Waals surface area contributed by atoms with Crippen LogP contribution < -0.4 is 11.4 Å². The van der Waals surface area contributed by atoms with Crippen molar-refractivity contribution in [3.63, 3.8) is 0 Å². The predicted octanol–water partition coefficient (Wildman–Crippen LogP) is -3.06. The second kappa shape index (κ2) is 5.42. The molecule has 6 N–H and O–H groups in total. The van der Waals surface area contributed by atoms with Crippen molar-refractivity contribution in [3.8, 4) is 0 Å². The van der Waals surface area contributed by atoms with E-state index < -0.39 is 54.6 Å². The molecule has 0 spiro atoms. The van der Waals surface area contributed by atoms with E-state index in [-0.39, 0.29) is 0 Å². The van der Waals surface area contributed by atoms with Gasteiger partial charge in [0.15, 0.2) is 17.9 Å². The molecule has 0 aromatic carbocycles. The number of hydrogen-bond acceptors (Lipinski definition) is 8. The van der Waals surface area contributed by atoms with Gasteiger partial charge in [0.1, 0.15) is 24.4 Å². The fraction of sp³-hybridized carbons (Fsp3) is 0.600. The van der Waals surface area contributed by atoms with Gasteiger partial charge in [0.05, 0.1) is 12.8 Å². The highest BCUT2D eigenvalue weighted by Gasteiger charge is 2.44. The number of anilines is 1. The SMILES string of the molecule is Nc1nc(=O)n([C@@H]2O[C@H](CO)[C@@H](O)[C@H](O)[C@@H]2O)cc1F. The first-order chi connectivity index (χ1) is 9.36. The van der Waals surface area contributed by atoms with Gasteiger partial charge in [-0.2, -0.15) is 4.98 Å². The van der Waals surface area contributed by atoms with Crippen molar-refractivity contribution in [2.24, 2.45) is 0 Å². The van der Waals surface area contributed by atoms with Crippen molar-refractivity contribution in [2.45, 2.75) is 30.6 Å². The summed E-state index contributed by atoms with van der Waals surface area (Å²) in [5, 5.41) is 38.0. The number of nitrogens with zero attached hydrogens (tertiary/aromatic N) is 2. The van der Waals surface area contributed by atoms with Gasteiger partial charge in [-0.05, 0) is 0 Å². The van der Waals surface area contributed by atoms with Crippen LogP contribution in [-0.2, 0) is 4.74 Å². The summed E-state index contributed by atoms with van der Waals surface area (Å²) in [5.74, 6) is -1.63. The molecule has 1 fully saturated rings. The molecule has 2 rings (SSSR count). The van der Waals surface area contributed by atoms with E-state index in [9.17, 15) is 24.5 Å². The molecule has 1 saturated heterocycles. The maximum Gasteiger partial charge on any atom is 0.351 e. The number of ether oxygens (including phenoxy) is 1. The highest BCUT2D eigenvalue weighted by Crippen LogP contribution is 2.27. The summed E-state index contributed by atoms with van der Waals surface area (Å²) < 4.78 is 19.0. The van der Waals surface area contributed by atoms with E-state index in [1.807, 2.05) is 0 Å². The summed E-state index contributed by atoms with van der Waals surface area (Å²) in [6.45, 7) is -0.666. The van der Waals surface area contributed by atoms with Crippen molar-refractivity contribution in [2.75, 3.05) is 12.3 Å². The molecule has 0 amide bonds. The average molecular weight is 291 g/mol. The van der Waals surface area contributed by atoms with Crippen molar-refractivity contribution in [3.05, 3.63) is 22.5 Å². The lowest BCUT2D eigenvalue weighted by Crippen LogP contribution is -2.57. The molecule has 1 aliphatic rings. The summed E-state index contributed by atoms with van der Waals surface area (Å²) in [4.78, 5) is 14.8. The van der Waals surface area contributed by atoms with Crippen LogP contribution in [0.4, 0.5) is 10.2 Å². The highest BCUT2D eigenvalue weighted by molar-refractivity contribution is 5.26. The topological polar surface area (TPSA) is 151 Å². The van der Waals surface area contributed by atoms with E-state index in [4.69, 9.17) is 15.6 Å². The standard InChI is InChI=1S/C10H14FN3O6/c11-3-1-14(10(19)13-8(3)12)9-7(18)6(17)5(16)4(2-15)20-9/h1,4-7,9,15-18H,2H2,(H2,12,13,19)/t4-,5-,6+,7+,9-/m1/s1. The number of halogens is 1. The zero-order valence-electron chi connectivity index (χ0n) is 10.1. The van der Waals surface area contributed by atoms with E-state index in [2.05, 4.69) is 4.98 Å². The molecule has 5 atom stereocenters. The van der Waals surface area contributed by atoms with Gasteiger partial charge < -0.3 is 30.9 Å². The molecular weight excluding hydrogens is 277 g/mol. The van der Waals surface area contributed by atoms with Crippen LogP contribution in [0.25, 0.3) is 0 Å². The molecule has 2 heterocycles. The van der Waals surface area contributed by atoms with Gasteiger partial charge in [-0.25, -0.2) is 9.18 Å². The second-order valence-corrected chi connectivity index (χ2v) is 4.38. The Morgan fingerprint density at radius 3 is 2.60 bits per heavy atom. The van der Waals surface area contributed by atoms with Crippen LogP contribution in [0, 0.1) is 5.82 Å². The smallest absolute Gasteiger partial charge is 0.351 e. The van der Waals surface area contributed by atoms with Crippen LogP contribution in [0.5, 0.6) is 0 Å². The normalized spacial score (nSPS) is 34.1. The van der Waals surface area contributed by atoms with Gasteiger partial charge in [-0.3, -0.25) is 4.57 Å². The first-order valence-corrected chi connectivity index (χ1v) is 5.71. The van der Waals surface area contributed by atoms with Crippen LogP contribution >= 0.6 is 0 Å². The fourth-order valence-corrected chi connectivity index (χ4v) is 1.95. The van der Waals surface area contributed by atoms with Gasteiger partial charge >= 0.3 is 5.69 Å². The number of aliphatic hydroxyl groups is 4. The van der Waals surface area contributed by atoms with E-state index in [0.717, 1.165) is 0 Å². The molecule has 0 saturated carbocycles. The van der Waals surface area contributed by atoms with Gasteiger partial charge in [-0.15, -0.1) is 0 Å². The van der Waals surface area contributed by atoms with Crippen LogP contribution in [0.15, 0.2) is 11.0 Å². The van der Waals surface area contributed by atoms with Crippen molar-refractivity contribution in [1.29, 1.82) is 0 Å². The third-order valence-corrected chi connectivity index (χ3v) is 3.08. The van der Waals surface area contributed by atoms with Gasteiger partial charge in [0, 0.05) is 0 Å². The Bertz CT molecular complexity index is 550. The lowest BCUT2D eigenvalue weighted by Gasteiger charge is -2.40. The Morgan fingerprint density at radius 1 is 1.35 bits per heavy atom. The van der Waals surface area contributed by atoms with Gasteiger partial charge in [0.2, 0.25) is 0 Å².